The fourth-order valence-electron chi connectivity index (χ4n) is 1.84. The second-order valence-corrected chi connectivity index (χ2v) is 4.60. The third-order valence-corrected chi connectivity index (χ3v) is 3.39. The van der Waals surface area contributed by atoms with E-state index in [1.165, 1.54) is 25.0 Å². The summed E-state index contributed by atoms with van der Waals surface area (Å²) in [7, 11) is 0. The number of aromatic nitrogens is 1. The highest BCUT2D eigenvalue weighted by atomic mass is 16.6. The molecular weight excluding hydrogens is 220 g/mol. The van der Waals surface area contributed by atoms with Gasteiger partial charge in [0, 0.05) is 6.54 Å². The molecule has 1 heterocycles. The molecule has 1 aromatic rings. The van der Waals surface area contributed by atoms with Gasteiger partial charge in [-0.15, -0.1) is 0 Å². The molecule has 1 aliphatic rings. The Bertz CT molecular complexity index is 443. The quantitative estimate of drug-likeness (QED) is 0.603. The van der Waals surface area contributed by atoms with Crippen molar-refractivity contribution >= 4 is 17.3 Å². The number of nitro groups is 1. The van der Waals surface area contributed by atoms with Gasteiger partial charge in [0.15, 0.2) is 0 Å². The number of nitrogens with zero attached hydrogens (tertiary/aromatic N) is 2. The van der Waals surface area contributed by atoms with E-state index in [1.54, 1.807) is 0 Å². The molecule has 0 atom stereocenters. The van der Waals surface area contributed by atoms with Crippen LogP contribution in [0, 0.1) is 15.5 Å². The van der Waals surface area contributed by atoms with Gasteiger partial charge in [0.25, 0.3) is 5.69 Å². The maximum atomic E-state index is 10.7. The molecule has 3 N–H and O–H groups in total. The average Bonchev–Trinajstić information content (AvgIpc) is 3.06. The fourth-order valence-corrected chi connectivity index (χ4v) is 1.84. The molecule has 92 valence electrons. The molecule has 1 saturated carbocycles. The van der Waals surface area contributed by atoms with E-state index < -0.39 is 4.92 Å². The minimum absolute atomic E-state index is 0.0265. The van der Waals surface area contributed by atoms with Crippen molar-refractivity contribution in [2.45, 2.75) is 26.2 Å². The summed E-state index contributed by atoms with van der Waals surface area (Å²) in [6.45, 7) is 2.96. The van der Waals surface area contributed by atoms with Gasteiger partial charge in [-0.2, -0.15) is 0 Å². The minimum atomic E-state index is -0.462. The Balaban J connectivity index is 2.07. The van der Waals surface area contributed by atoms with Crippen LogP contribution >= 0.6 is 0 Å². The van der Waals surface area contributed by atoms with Gasteiger partial charge in [0.05, 0.1) is 17.1 Å². The monoisotopic (exact) mass is 236 g/mol. The van der Waals surface area contributed by atoms with Crippen molar-refractivity contribution in [1.29, 1.82) is 0 Å². The first-order valence-electron chi connectivity index (χ1n) is 5.70. The molecule has 0 unspecified atom stereocenters. The Morgan fingerprint density at radius 1 is 1.59 bits per heavy atom. The van der Waals surface area contributed by atoms with E-state index in [-0.39, 0.29) is 11.5 Å². The summed E-state index contributed by atoms with van der Waals surface area (Å²) in [4.78, 5) is 14.3. The van der Waals surface area contributed by atoms with Crippen LogP contribution in [0.4, 0.5) is 17.3 Å². The highest BCUT2D eigenvalue weighted by Crippen LogP contribution is 2.48. The Labute approximate surface area is 99.4 Å². The summed E-state index contributed by atoms with van der Waals surface area (Å²) < 4.78 is 0. The second-order valence-electron chi connectivity index (χ2n) is 4.60. The van der Waals surface area contributed by atoms with E-state index >= 15 is 0 Å². The van der Waals surface area contributed by atoms with Crippen LogP contribution < -0.4 is 11.1 Å². The van der Waals surface area contributed by atoms with Crippen molar-refractivity contribution in [3.63, 3.8) is 0 Å². The van der Waals surface area contributed by atoms with Crippen LogP contribution in [0.15, 0.2) is 12.1 Å². The Morgan fingerprint density at radius 3 is 2.82 bits per heavy atom. The zero-order chi connectivity index (χ0) is 12.5. The molecule has 6 nitrogen and oxygen atoms in total. The lowest BCUT2D eigenvalue weighted by atomic mass is 10.0. The van der Waals surface area contributed by atoms with Crippen LogP contribution in [0.3, 0.4) is 0 Å². The number of anilines is 2. The predicted octanol–water partition coefficient (Wildman–Crippen LogP) is 2.17. The molecule has 17 heavy (non-hydrogen) atoms. The first kappa shape index (κ1) is 11.6. The Morgan fingerprint density at radius 2 is 2.29 bits per heavy atom. The van der Waals surface area contributed by atoms with E-state index in [0.717, 1.165) is 13.0 Å². The number of nitrogen functional groups attached to an aromatic ring is 1. The average molecular weight is 236 g/mol. The molecule has 0 spiro atoms. The summed E-state index contributed by atoms with van der Waals surface area (Å²) >= 11 is 0. The van der Waals surface area contributed by atoms with Gasteiger partial charge >= 0.3 is 0 Å². The molecule has 2 rings (SSSR count). The zero-order valence-electron chi connectivity index (χ0n) is 9.77. The summed E-state index contributed by atoms with van der Waals surface area (Å²) in [5.74, 6) is 0.652. The van der Waals surface area contributed by atoms with Crippen molar-refractivity contribution in [1.82, 2.24) is 4.98 Å². The molecule has 0 aliphatic heterocycles. The van der Waals surface area contributed by atoms with Gasteiger partial charge in [-0.1, -0.05) is 6.92 Å². The van der Waals surface area contributed by atoms with Gasteiger partial charge in [-0.25, -0.2) is 4.98 Å². The summed E-state index contributed by atoms with van der Waals surface area (Å²) in [5, 5.41) is 13.8. The van der Waals surface area contributed by atoms with Gasteiger partial charge in [-0.3, -0.25) is 10.1 Å². The second kappa shape index (κ2) is 4.20. The molecule has 0 radical (unpaired) electrons. The van der Waals surface area contributed by atoms with Crippen molar-refractivity contribution in [3.8, 4) is 0 Å². The van der Waals surface area contributed by atoms with Gasteiger partial charge in [-0.05, 0) is 24.7 Å². The van der Waals surface area contributed by atoms with Crippen molar-refractivity contribution < 1.29 is 4.92 Å². The van der Waals surface area contributed by atoms with Crippen LogP contribution in [-0.4, -0.2) is 16.5 Å². The smallest absolute Gasteiger partial charge is 0.276 e. The molecule has 1 aromatic heterocycles. The van der Waals surface area contributed by atoms with Crippen LogP contribution in [0.2, 0.25) is 0 Å². The Kier molecular flexibility index (Phi) is 2.87. The maximum absolute atomic E-state index is 10.7. The highest BCUT2D eigenvalue weighted by Gasteiger charge is 2.40. The molecule has 0 bridgehead atoms. The number of hydrogen-bond acceptors (Lipinski definition) is 5. The number of hydrogen-bond donors (Lipinski definition) is 2. The van der Waals surface area contributed by atoms with E-state index in [4.69, 9.17) is 5.73 Å². The molecule has 1 aliphatic carbocycles. The van der Waals surface area contributed by atoms with Gasteiger partial charge < -0.3 is 11.1 Å². The van der Waals surface area contributed by atoms with Crippen molar-refractivity contribution in [2.24, 2.45) is 5.41 Å². The largest absolute Gasteiger partial charge is 0.383 e. The lowest BCUT2D eigenvalue weighted by Crippen LogP contribution is -2.15. The lowest BCUT2D eigenvalue weighted by molar-refractivity contribution is -0.384. The van der Waals surface area contributed by atoms with E-state index in [2.05, 4.69) is 17.2 Å². The zero-order valence-corrected chi connectivity index (χ0v) is 9.77. The normalized spacial score (nSPS) is 16.5. The van der Waals surface area contributed by atoms with Gasteiger partial charge in [0.1, 0.15) is 11.6 Å². The Hall–Kier alpha value is -1.85. The van der Waals surface area contributed by atoms with Gasteiger partial charge in [0.2, 0.25) is 0 Å². The predicted molar refractivity (Wildman–Crippen MR) is 65.8 cm³/mol. The summed E-state index contributed by atoms with van der Waals surface area (Å²) in [6, 6.07) is 2.68. The first-order valence-corrected chi connectivity index (χ1v) is 5.70. The highest BCUT2D eigenvalue weighted by molar-refractivity contribution is 5.52. The molecule has 6 heteroatoms. The standard InChI is InChI=1S/C11H16N4O2/c1-2-11(3-4-11)7-13-10-6-8(15(16)17)5-9(12)14-10/h5-6H,2-4,7H2,1H3,(H3,12,13,14). The SMILES string of the molecule is CCC1(CNc2cc([N+](=O)[O-])cc(N)n2)CC1. The van der Waals surface area contributed by atoms with Crippen LogP contribution in [0.5, 0.6) is 0 Å². The van der Waals surface area contributed by atoms with E-state index in [1.807, 2.05) is 0 Å². The summed E-state index contributed by atoms with van der Waals surface area (Å²) in [5.41, 5.74) is 5.86. The number of nitrogens with one attached hydrogen (secondary N) is 1. The number of rotatable bonds is 5. The van der Waals surface area contributed by atoms with E-state index in [9.17, 15) is 10.1 Å². The number of pyridine rings is 1. The van der Waals surface area contributed by atoms with Crippen LogP contribution in [0.25, 0.3) is 0 Å². The van der Waals surface area contributed by atoms with Crippen LogP contribution in [-0.2, 0) is 0 Å². The topological polar surface area (TPSA) is 94.1 Å². The number of nitrogens with two attached hydrogens (primary N) is 1. The molecule has 0 aromatic carbocycles. The third-order valence-electron chi connectivity index (χ3n) is 3.39. The van der Waals surface area contributed by atoms with Crippen molar-refractivity contribution in [2.75, 3.05) is 17.6 Å². The molecule has 1 fully saturated rings. The lowest BCUT2D eigenvalue weighted by Gasteiger charge is -2.13. The molecule has 0 saturated heterocycles. The fraction of sp³-hybridized carbons (Fsp3) is 0.545. The molecule has 0 amide bonds. The maximum Gasteiger partial charge on any atom is 0.276 e. The third kappa shape index (κ3) is 2.64. The molecular formula is C11H16N4O2. The van der Waals surface area contributed by atoms with E-state index in [0.29, 0.717) is 11.2 Å². The van der Waals surface area contributed by atoms with Crippen molar-refractivity contribution in [3.05, 3.63) is 22.2 Å². The summed E-state index contributed by atoms with van der Waals surface area (Å²) in [6.07, 6.45) is 3.53. The first-order chi connectivity index (χ1) is 8.04. The van der Waals surface area contributed by atoms with Crippen LogP contribution in [0.1, 0.15) is 26.2 Å². The minimum Gasteiger partial charge on any atom is -0.383 e.